The van der Waals surface area contributed by atoms with E-state index >= 15 is 0 Å². The fourth-order valence-electron chi connectivity index (χ4n) is 2.38. The smallest absolute Gasteiger partial charge is 0.252 e. The molecule has 2 aromatic rings. The minimum atomic E-state index is -0.740. The average Bonchev–Trinajstić information content (AvgIpc) is 2.52. The molecule has 1 heterocycles. The lowest BCUT2D eigenvalue weighted by molar-refractivity contribution is -0.109. The van der Waals surface area contributed by atoms with Crippen LogP contribution in [0.15, 0.2) is 30.5 Å². The van der Waals surface area contributed by atoms with E-state index in [0.29, 0.717) is 22.7 Å². The highest BCUT2D eigenvalue weighted by atomic mass is 35.5. The number of pyridine rings is 1. The Bertz CT molecular complexity index is 883. The fraction of sp³-hybridized carbons (Fsp3) is 0.188. The van der Waals surface area contributed by atoms with Gasteiger partial charge in [-0.2, -0.15) is 0 Å². The number of benzene rings is 1. The number of anilines is 1. The zero-order valence-electron chi connectivity index (χ0n) is 14.1. The summed E-state index contributed by atoms with van der Waals surface area (Å²) in [6.07, 6.45) is 2.19. The summed E-state index contributed by atoms with van der Waals surface area (Å²) in [4.78, 5) is 22.9. The third-order valence-corrected chi connectivity index (χ3v) is 3.97. The molecule has 3 N–H and O–H groups in total. The summed E-state index contributed by atoms with van der Waals surface area (Å²) in [5.41, 5.74) is 6.49. The molecule has 0 aliphatic heterocycles. The molecule has 0 atom stereocenters. The zero-order valence-corrected chi connectivity index (χ0v) is 16.4. The van der Waals surface area contributed by atoms with Gasteiger partial charge < -0.3 is 10.3 Å². The number of aromatic nitrogens is 1. The minimum Gasteiger partial charge on any atom is -0.365 e. The van der Waals surface area contributed by atoms with E-state index in [2.05, 4.69) is 0 Å². The molecule has 0 saturated heterocycles. The lowest BCUT2D eigenvalue weighted by Crippen LogP contribution is -2.37. The molecule has 2 amide bonds. The predicted octanol–water partition coefficient (Wildman–Crippen LogP) is 2.28. The van der Waals surface area contributed by atoms with Crippen molar-refractivity contribution in [2.24, 2.45) is 5.73 Å². The van der Waals surface area contributed by atoms with E-state index in [1.165, 1.54) is 21.8 Å². The SMILES string of the molecule is CN(C)N(C=O)c1ccc(Cl)cc1Cn1cc(Cl)cc(C(N)=O)c1=N.Cl. The van der Waals surface area contributed by atoms with Crippen molar-refractivity contribution in [1.29, 1.82) is 5.41 Å². The monoisotopic (exact) mass is 417 g/mol. The standard InChI is InChI=1S/C16H17Cl2N5O2.ClH/c1-21(2)23(9-24)14-4-3-11(17)5-10(14)7-22-8-12(18)6-13(15(22)19)16(20)25;/h3-6,8-9,19H,7H2,1-2H3,(H2,20,25);1H. The molecule has 26 heavy (non-hydrogen) atoms. The number of rotatable bonds is 6. The second kappa shape index (κ2) is 9.05. The van der Waals surface area contributed by atoms with Crippen LogP contribution in [0.2, 0.25) is 10.0 Å². The number of amides is 2. The van der Waals surface area contributed by atoms with Gasteiger partial charge in [-0.15, -0.1) is 12.4 Å². The number of nitrogens with zero attached hydrogens (tertiary/aromatic N) is 3. The molecule has 7 nitrogen and oxygen atoms in total. The lowest BCUT2D eigenvalue weighted by atomic mass is 10.1. The van der Waals surface area contributed by atoms with E-state index < -0.39 is 5.91 Å². The van der Waals surface area contributed by atoms with Crippen LogP contribution in [0.4, 0.5) is 5.69 Å². The van der Waals surface area contributed by atoms with Gasteiger partial charge in [0, 0.05) is 25.3 Å². The van der Waals surface area contributed by atoms with Gasteiger partial charge in [0.25, 0.3) is 5.91 Å². The van der Waals surface area contributed by atoms with E-state index in [4.69, 9.17) is 34.3 Å². The Kier molecular flexibility index (Phi) is 7.65. The third-order valence-electron chi connectivity index (χ3n) is 3.53. The topological polar surface area (TPSA) is 95.4 Å². The number of hydrogen-bond acceptors (Lipinski definition) is 4. The molecule has 140 valence electrons. The maximum absolute atomic E-state index is 11.5. The number of halogens is 3. The zero-order chi connectivity index (χ0) is 18.7. The summed E-state index contributed by atoms with van der Waals surface area (Å²) in [7, 11) is 3.45. The molecule has 0 bridgehead atoms. The number of carbonyl (C=O) groups excluding carboxylic acids is 2. The van der Waals surface area contributed by atoms with Crippen LogP contribution in [0, 0.1) is 5.41 Å². The average molecular weight is 419 g/mol. The minimum absolute atomic E-state index is 0. The van der Waals surface area contributed by atoms with Crippen LogP contribution in [0.25, 0.3) is 0 Å². The van der Waals surface area contributed by atoms with Crippen LogP contribution >= 0.6 is 35.6 Å². The van der Waals surface area contributed by atoms with Crippen LogP contribution in [-0.4, -0.2) is 36.0 Å². The number of hydrogen-bond donors (Lipinski definition) is 2. The molecular weight excluding hydrogens is 401 g/mol. The van der Waals surface area contributed by atoms with Gasteiger partial charge in [-0.3, -0.25) is 15.0 Å². The van der Waals surface area contributed by atoms with Crippen molar-refractivity contribution in [3.8, 4) is 0 Å². The van der Waals surface area contributed by atoms with Crippen molar-refractivity contribution >= 4 is 53.6 Å². The van der Waals surface area contributed by atoms with Crippen molar-refractivity contribution in [3.63, 3.8) is 0 Å². The Morgan fingerprint density at radius 1 is 1.27 bits per heavy atom. The molecule has 0 spiro atoms. The number of nitrogens with two attached hydrogens (primary N) is 1. The summed E-state index contributed by atoms with van der Waals surface area (Å²) >= 11 is 12.1. The maximum Gasteiger partial charge on any atom is 0.252 e. The van der Waals surface area contributed by atoms with Crippen LogP contribution < -0.4 is 16.2 Å². The molecular formula is C16H18Cl3N5O2. The molecule has 2 rings (SSSR count). The summed E-state index contributed by atoms with van der Waals surface area (Å²) in [5.74, 6) is -0.740. The van der Waals surface area contributed by atoms with Crippen LogP contribution in [-0.2, 0) is 11.3 Å². The lowest BCUT2D eigenvalue weighted by Gasteiger charge is -2.27. The van der Waals surface area contributed by atoms with Crippen LogP contribution in [0.5, 0.6) is 0 Å². The first-order chi connectivity index (χ1) is 11.7. The first-order valence-corrected chi connectivity index (χ1v) is 7.94. The van der Waals surface area contributed by atoms with Crippen molar-refractivity contribution in [2.75, 3.05) is 19.1 Å². The molecule has 0 saturated carbocycles. The molecule has 0 radical (unpaired) electrons. The summed E-state index contributed by atoms with van der Waals surface area (Å²) in [6, 6.07) is 6.41. The highest BCUT2D eigenvalue weighted by Gasteiger charge is 2.15. The first kappa shape index (κ1) is 22.0. The molecule has 10 heteroatoms. The van der Waals surface area contributed by atoms with Crippen molar-refractivity contribution < 1.29 is 9.59 Å². The van der Waals surface area contributed by atoms with Crippen LogP contribution in [0.3, 0.4) is 0 Å². The van der Waals surface area contributed by atoms with Gasteiger partial charge in [-0.1, -0.05) is 23.2 Å². The predicted molar refractivity (Wildman–Crippen MR) is 104 cm³/mol. The summed E-state index contributed by atoms with van der Waals surface area (Å²) < 4.78 is 1.47. The van der Waals surface area contributed by atoms with Gasteiger partial charge in [0.1, 0.15) is 5.49 Å². The molecule has 0 fully saturated rings. The van der Waals surface area contributed by atoms with Gasteiger partial charge in [-0.05, 0) is 29.8 Å². The number of nitrogens with one attached hydrogen (secondary N) is 1. The Balaban J connectivity index is 0.00000338. The van der Waals surface area contributed by atoms with Gasteiger partial charge in [0.05, 0.1) is 22.8 Å². The molecule has 0 aliphatic rings. The molecule has 0 aliphatic carbocycles. The number of primary amides is 1. The first-order valence-electron chi connectivity index (χ1n) is 7.19. The highest BCUT2D eigenvalue weighted by Crippen LogP contribution is 2.25. The van der Waals surface area contributed by atoms with Crippen LogP contribution in [0.1, 0.15) is 15.9 Å². The fourth-order valence-corrected chi connectivity index (χ4v) is 2.80. The Hall–Kier alpha value is -2.06. The quantitative estimate of drug-likeness (QED) is 0.556. The molecule has 1 aromatic heterocycles. The van der Waals surface area contributed by atoms with Crippen molar-refractivity contribution in [2.45, 2.75) is 6.54 Å². The molecule has 1 aromatic carbocycles. The van der Waals surface area contributed by atoms with Gasteiger partial charge in [-0.25, -0.2) is 10.0 Å². The summed E-state index contributed by atoms with van der Waals surface area (Å²) in [5, 5.41) is 11.9. The normalized spacial score (nSPS) is 10.3. The molecule has 0 unspecified atom stereocenters. The highest BCUT2D eigenvalue weighted by molar-refractivity contribution is 6.31. The van der Waals surface area contributed by atoms with E-state index in [1.54, 1.807) is 37.3 Å². The van der Waals surface area contributed by atoms with E-state index in [1.807, 2.05) is 0 Å². The summed E-state index contributed by atoms with van der Waals surface area (Å²) in [6.45, 7) is 0.174. The van der Waals surface area contributed by atoms with Gasteiger partial charge in [0.2, 0.25) is 6.41 Å². The largest absolute Gasteiger partial charge is 0.365 e. The second-order valence-electron chi connectivity index (χ2n) is 5.48. The second-order valence-corrected chi connectivity index (χ2v) is 6.36. The van der Waals surface area contributed by atoms with E-state index in [0.717, 1.165) is 0 Å². The Morgan fingerprint density at radius 2 is 1.92 bits per heavy atom. The van der Waals surface area contributed by atoms with Crippen molar-refractivity contribution in [3.05, 3.63) is 57.1 Å². The van der Waals surface area contributed by atoms with E-state index in [9.17, 15) is 9.59 Å². The van der Waals surface area contributed by atoms with Gasteiger partial charge in [0.15, 0.2) is 0 Å². The van der Waals surface area contributed by atoms with Gasteiger partial charge >= 0.3 is 0 Å². The van der Waals surface area contributed by atoms with E-state index in [-0.39, 0.29) is 35.0 Å². The maximum atomic E-state index is 11.5. The number of hydrazine groups is 1. The Labute approximate surface area is 166 Å². The Morgan fingerprint density at radius 3 is 2.46 bits per heavy atom. The van der Waals surface area contributed by atoms with Crippen molar-refractivity contribution in [1.82, 2.24) is 9.58 Å². The number of carbonyl (C=O) groups is 2. The third kappa shape index (κ3) is 4.76.